The highest BCUT2D eigenvalue weighted by Gasteiger charge is 2.27. The molecule has 0 aliphatic carbocycles. The van der Waals surface area contributed by atoms with Crippen LogP contribution >= 0.6 is 11.3 Å². The first-order valence-electron chi connectivity index (χ1n) is 5.26. The number of aryl methyl sites for hydroxylation is 1. The highest BCUT2D eigenvalue weighted by atomic mass is 32.1. The van der Waals surface area contributed by atoms with Crippen molar-refractivity contribution in [2.24, 2.45) is 5.73 Å². The van der Waals surface area contributed by atoms with Crippen LogP contribution in [0.5, 0.6) is 0 Å². The molecule has 1 unspecified atom stereocenters. The highest BCUT2D eigenvalue weighted by molar-refractivity contribution is 7.09. The summed E-state index contributed by atoms with van der Waals surface area (Å²) in [6.45, 7) is 8.74. The van der Waals surface area contributed by atoms with Gasteiger partial charge in [-0.2, -0.15) is 0 Å². The summed E-state index contributed by atoms with van der Waals surface area (Å²) in [5.74, 6) is 0. The van der Waals surface area contributed by atoms with Crippen LogP contribution in [0.1, 0.15) is 31.5 Å². The molecule has 1 aromatic heterocycles. The van der Waals surface area contributed by atoms with Gasteiger partial charge in [-0.1, -0.05) is 0 Å². The molecule has 0 aliphatic heterocycles. The van der Waals surface area contributed by atoms with Crippen LogP contribution in [0, 0.1) is 6.92 Å². The SMILES string of the molecule is CCOC(C)(C)C(N)Cc1nc(C)cs1. The number of hydrogen-bond donors (Lipinski definition) is 1. The number of rotatable bonds is 5. The minimum Gasteiger partial charge on any atom is -0.374 e. The molecule has 4 heteroatoms. The fourth-order valence-corrected chi connectivity index (χ4v) is 2.24. The zero-order valence-corrected chi connectivity index (χ0v) is 10.7. The Bertz CT molecular complexity index is 309. The first kappa shape index (κ1) is 12.6. The Balaban J connectivity index is 2.58. The molecule has 0 aromatic carbocycles. The lowest BCUT2D eigenvalue weighted by molar-refractivity contribution is -0.0288. The molecule has 15 heavy (non-hydrogen) atoms. The molecule has 0 radical (unpaired) electrons. The van der Waals surface area contributed by atoms with Gasteiger partial charge in [-0.05, 0) is 27.7 Å². The minimum atomic E-state index is -0.283. The van der Waals surface area contributed by atoms with Gasteiger partial charge in [-0.15, -0.1) is 11.3 Å². The monoisotopic (exact) mass is 228 g/mol. The molecule has 1 rings (SSSR count). The molecular weight excluding hydrogens is 208 g/mol. The van der Waals surface area contributed by atoms with E-state index in [0.29, 0.717) is 6.61 Å². The number of thiazole rings is 1. The van der Waals surface area contributed by atoms with Crippen molar-refractivity contribution in [2.45, 2.75) is 45.8 Å². The third-order valence-corrected chi connectivity index (χ3v) is 3.46. The molecule has 0 spiro atoms. The van der Waals surface area contributed by atoms with Gasteiger partial charge in [-0.25, -0.2) is 4.98 Å². The number of nitrogens with zero attached hydrogens (tertiary/aromatic N) is 1. The number of aromatic nitrogens is 1. The quantitative estimate of drug-likeness (QED) is 0.840. The molecule has 0 amide bonds. The lowest BCUT2D eigenvalue weighted by Gasteiger charge is -2.30. The molecule has 3 nitrogen and oxygen atoms in total. The van der Waals surface area contributed by atoms with Gasteiger partial charge in [0.1, 0.15) is 0 Å². The summed E-state index contributed by atoms with van der Waals surface area (Å²) < 4.78 is 5.62. The van der Waals surface area contributed by atoms with Crippen LogP contribution in [-0.4, -0.2) is 23.2 Å². The first-order valence-corrected chi connectivity index (χ1v) is 6.14. The average Bonchev–Trinajstić information content (AvgIpc) is 2.51. The number of ether oxygens (including phenoxy) is 1. The van der Waals surface area contributed by atoms with Gasteiger partial charge in [-0.3, -0.25) is 0 Å². The van der Waals surface area contributed by atoms with Gasteiger partial charge < -0.3 is 10.5 Å². The van der Waals surface area contributed by atoms with E-state index in [1.807, 2.05) is 27.7 Å². The van der Waals surface area contributed by atoms with E-state index >= 15 is 0 Å². The van der Waals surface area contributed by atoms with Crippen LogP contribution in [0.3, 0.4) is 0 Å². The van der Waals surface area contributed by atoms with Crippen molar-refractivity contribution in [3.8, 4) is 0 Å². The van der Waals surface area contributed by atoms with Gasteiger partial charge in [0.2, 0.25) is 0 Å². The largest absolute Gasteiger partial charge is 0.374 e. The molecule has 0 saturated carbocycles. The van der Waals surface area contributed by atoms with Crippen molar-refractivity contribution in [1.29, 1.82) is 0 Å². The molecule has 0 fully saturated rings. The Labute approximate surface area is 95.7 Å². The lowest BCUT2D eigenvalue weighted by Crippen LogP contribution is -2.46. The zero-order chi connectivity index (χ0) is 11.5. The third-order valence-electron chi connectivity index (χ3n) is 2.47. The van der Waals surface area contributed by atoms with Gasteiger partial charge in [0.25, 0.3) is 0 Å². The van der Waals surface area contributed by atoms with E-state index in [1.54, 1.807) is 11.3 Å². The van der Waals surface area contributed by atoms with Gasteiger partial charge >= 0.3 is 0 Å². The summed E-state index contributed by atoms with van der Waals surface area (Å²) in [5, 5.41) is 3.14. The second-order valence-electron chi connectivity index (χ2n) is 4.23. The topological polar surface area (TPSA) is 48.1 Å². The van der Waals surface area contributed by atoms with Crippen molar-refractivity contribution in [2.75, 3.05) is 6.61 Å². The maximum Gasteiger partial charge on any atom is 0.0944 e. The summed E-state index contributed by atoms with van der Waals surface area (Å²) in [7, 11) is 0. The maximum absolute atomic E-state index is 6.12. The Morgan fingerprint density at radius 2 is 2.27 bits per heavy atom. The molecule has 0 bridgehead atoms. The fourth-order valence-electron chi connectivity index (χ4n) is 1.41. The second kappa shape index (κ2) is 5.05. The molecule has 1 aromatic rings. The van der Waals surface area contributed by atoms with Crippen LogP contribution in [-0.2, 0) is 11.2 Å². The third kappa shape index (κ3) is 3.55. The van der Waals surface area contributed by atoms with E-state index in [1.165, 1.54) is 0 Å². The Morgan fingerprint density at radius 1 is 1.60 bits per heavy atom. The smallest absolute Gasteiger partial charge is 0.0944 e. The van der Waals surface area contributed by atoms with Crippen molar-refractivity contribution in [3.63, 3.8) is 0 Å². The van der Waals surface area contributed by atoms with Crippen LogP contribution in [0.4, 0.5) is 0 Å². The summed E-state index contributed by atoms with van der Waals surface area (Å²) in [6.07, 6.45) is 0.783. The molecule has 2 N–H and O–H groups in total. The Kier molecular flexibility index (Phi) is 4.25. The average molecular weight is 228 g/mol. The van der Waals surface area contributed by atoms with Crippen LogP contribution in [0.25, 0.3) is 0 Å². The van der Waals surface area contributed by atoms with Crippen molar-refractivity contribution in [1.82, 2.24) is 4.98 Å². The highest BCUT2D eigenvalue weighted by Crippen LogP contribution is 2.19. The van der Waals surface area contributed by atoms with Crippen LogP contribution in [0.2, 0.25) is 0 Å². The Morgan fingerprint density at radius 3 is 2.73 bits per heavy atom. The molecular formula is C11H20N2OS. The van der Waals surface area contributed by atoms with E-state index in [2.05, 4.69) is 10.4 Å². The molecule has 86 valence electrons. The van der Waals surface area contributed by atoms with E-state index in [-0.39, 0.29) is 11.6 Å². The fraction of sp³-hybridized carbons (Fsp3) is 0.727. The van der Waals surface area contributed by atoms with Gasteiger partial charge in [0, 0.05) is 30.1 Å². The van der Waals surface area contributed by atoms with Crippen LogP contribution in [0.15, 0.2) is 5.38 Å². The van der Waals surface area contributed by atoms with E-state index in [0.717, 1.165) is 17.1 Å². The van der Waals surface area contributed by atoms with Crippen molar-refractivity contribution >= 4 is 11.3 Å². The molecule has 1 heterocycles. The molecule has 0 saturated heterocycles. The molecule has 0 aliphatic rings. The van der Waals surface area contributed by atoms with Crippen LogP contribution < -0.4 is 5.73 Å². The van der Waals surface area contributed by atoms with Crippen molar-refractivity contribution in [3.05, 3.63) is 16.1 Å². The number of nitrogens with two attached hydrogens (primary N) is 1. The normalized spacial score (nSPS) is 14.2. The van der Waals surface area contributed by atoms with E-state index in [9.17, 15) is 0 Å². The Hall–Kier alpha value is -0.450. The minimum absolute atomic E-state index is 0.0111. The summed E-state index contributed by atoms with van der Waals surface area (Å²) in [4.78, 5) is 4.41. The predicted molar refractivity (Wildman–Crippen MR) is 64.2 cm³/mol. The van der Waals surface area contributed by atoms with Gasteiger partial charge in [0.15, 0.2) is 0 Å². The molecule has 1 atom stereocenters. The standard InChI is InChI=1S/C11H20N2OS/c1-5-14-11(3,4)9(12)6-10-13-8(2)7-15-10/h7,9H,5-6,12H2,1-4H3. The second-order valence-corrected chi connectivity index (χ2v) is 5.17. The maximum atomic E-state index is 6.12. The summed E-state index contributed by atoms with van der Waals surface area (Å²) in [6, 6.07) is -0.0111. The van der Waals surface area contributed by atoms with E-state index in [4.69, 9.17) is 10.5 Å². The predicted octanol–water partition coefficient (Wildman–Crippen LogP) is 2.14. The number of hydrogen-bond acceptors (Lipinski definition) is 4. The van der Waals surface area contributed by atoms with E-state index < -0.39 is 0 Å². The van der Waals surface area contributed by atoms with Gasteiger partial charge in [0.05, 0.1) is 10.6 Å². The van der Waals surface area contributed by atoms with Crippen molar-refractivity contribution < 1.29 is 4.74 Å². The summed E-state index contributed by atoms with van der Waals surface area (Å²) >= 11 is 1.67. The summed E-state index contributed by atoms with van der Waals surface area (Å²) in [5.41, 5.74) is 6.90. The zero-order valence-electron chi connectivity index (χ0n) is 9.91. The first-order chi connectivity index (χ1) is 6.95. The lowest BCUT2D eigenvalue weighted by atomic mass is 9.97.